The van der Waals surface area contributed by atoms with Gasteiger partial charge in [-0.1, -0.05) is 6.07 Å². The van der Waals surface area contributed by atoms with E-state index in [9.17, 15) is 19.7 Å². The number of amides is 1. The lowest BCUT2D eigenvalue weighted by Gasteiger charge is -2.09. The van der Waals surface area contributed by atoms with Crippen LogP contribution in [0.4, 0.5) is 11.4 Å². The zero-order valence-corrected chi connectivity index (χ0v) is 18.2. The number of thioether (sulfide) groups is 1. The number of carbonyl (C=O) groups is 2. The number of hydrogen-bond acceptors (Lipinski definition) is 7. The molecule has 0 fully saturated rings. The molecule has 0 radical (unpaired) electrons. The smallest absolute Gasteiger partial charge is 0.269 e. The third-order valence-electron chi connectivity index (χ3n) is 4.51. The highest BCUT2D eigenvalue weighted by Gasteiger charge is 2.13. The van der Waals surface area contributed by atoms with Crippen molar-refractivity contribution in [3.8, 4) is 11.5 Å². The van der Waals surface area contributed by atoms with Crippen molar-refractivity contribution < 1.29 is 24.0 Å². The predicted molar refractivity (Wildman–Crippen MR) is 122 cm³/mol. The van der Waals surface area contributed by atoms with E-state index in [0.29, 0.717) is 28.3 Å². The number of nitro benzene ring substituents is 1. The van der Waals surface area contributed by atoms with Gasteiger partial charge in [-0.05, 0) is 48.5 Å². The molecule has 3 aromatic carbocycles. The van der Waals surface area contributed by atoms with Gasteiger partial charge in [0.05, 0.1) is 24.9 Å². The van der Waals surface area contributed by atoms with Gasteiger partial charge in [0.1, 0.15) is 0 Å². The summed E-state index contributed by atoms with van der Waals surface area (Å²) in [6.07, 6.45) is 0. The van der Waals surface area contributed by atoms with E-state index in [0.717, 1.165) is 4.90 Å². The molecule has 0 atom stereocenters. The fourth-order valence-corrected chi connectivity index (χ4v) is 3.69. The largest absolute Gasteiger partial charge is 0.493 e. The van der Waals surface area contributed by atoms with Crippen LogP contribution >= 0.6 is 11.8 Å². The molecular formula is C23H20N2O6S. The molecule has 0 unspecified atom stereocenters. The highest BCUT2D eigenvalue weighted by Crippen LogP contribution is 2.29. The quantitative estimate of drug-likeness (QED) is 0.214. The minimum absolute atomic E-state index is 0.0729. The van der Waals surface area contributed by atoms with E-state index in [1.807, 2.05) is 6.07 Å². The van der Waals surface area contributed by atoms with Gasteiger partial charge in [-0.15, -0.1) is 11.8 Å². The summed E-state index contributed by atoms with van der Waals surface area (Å²) in [6, 6.07) is 17.5. The number of methoxy groups -OCH3 is 2. The molecule has 9 heteroatoms. The zero-order chi connectivity index (χ0) is 23.1. The van der Waals surface area contributed by atoms with Crippen LogP contribution in [0, 0.1) is 10.1 Å². The van der Waals surface area contributed by atoms with Crippen LogP contribution in [0.1, 0.15) is 20.7 Å². The lowest BCUT2D eigenvalue weighted by atomic mass is 10.1. The highest BCUT2D eigenvalue weighted by molar-refractivity contribution is 8.00. The maximum absolute atomic E-state index is 12.6. The number of rotatable bonds is 9. The lowest BCUT2D eigenvalue weighted by molar-refractivity contribution is -0.384. The van der Waals surface area contributed by atoms with Crippen LogP contribution < -0.4 is 14.8 Å². The molecule has 0 aliphatic carbocycles. The predicted octanol–water partition coefficient (Wildman–Crippen LogP) is 4.84. The molecular weight excluding hydrogens is 432 g/mol. The number of nitrogens with one attached hydrogen (secondary N) is 1. The summed E-state index contributed by atoms with van der Waals surface area (Å²) >= 11 is 1.34. The van der Waals surface area contributed by atoms with Gasteiger partial charge in [0, 0.05) is 33.8 Å². The van der Waals surface area contributed by atoms with Crippen LogP contribution in [-0.4, -0.2) is 36.6 Å². The molecule has 0 saturated heterocycles. The molecule has 3 rings (SSSR count). The van der Waals surface area contributed by atoms with Crippen LogP contribution in [0.5, 0.6) is 11.5 Å². The monoisotopic (exact) mass is 452 g/mol. The van der Waals surface area contributed by atoms with Gasteiger partial charge >= 0.3 is 0 Å². The van der Waals surface area contributed by atoms with Crippen molar-refractivity contribution in [3.05, 3.63) is 88.0 Å². The van der Waals surface area contributed by atoms with Crippen LogP contribution in [0.25, 0.3) is 0 Å². The summed E-state index contributed by atoms with van der Waals surface area (Å²) in [5.74, 6) is 0.780. The number of non-ortho nitro benzene ring substituents is 1. The molecule has 0 aromatic heterocycles. The maximum Gasteiger partial charge on any atom is 0.269 e. The van der Waals surface area contributed by atoms with Gasteiger partial charge in [-0.2, -0.15) is 0 Å². The second kappa shape index (κ2) is 10.5. The number of ketones is 1. The summed E-state index contributed by atoms with van der Waals surface area (Å²) < 4.78 is 10.4. The summed E-state index contributed by atoms with van der Waals surface area (Å²) in [7, 11) is 3.04. The van der Waals surface area contributed by atoms with E-state index < -0.39 is 4.92 Å². The molecule has 0 aliphatic rings. The molecule has 0 aliphatic heterocycles. The van der Waals surface area contributed by atoms with Crippen molar-refractivity contribution in [2.24, 2.45) is 0 Å². The summed E-state index contributed by atoms with van der Waals surface area (Å²) in [6.45, 7) is 0. The van der Waals surface area contributed by atoms with Gasteiger partial charge in [0.15, 0.2) is 17.3 Å². The van der Waals surface area contributed by atoms with Crippen LogP contribution in [0.15, 0.2) is 71.6 Å². The number of ether oxygens (including phenoxy) is 2. The molecule has 1 N–H and O–H groups in total. The Labute approximate surface area is 188 Å². The first-order chi connectivity index (χ1) is 15.4. The summed E-state index contributed by atoms with van der Waals surface area (Å²) in [5, 5.41) is 13.5. The molecule has 1 amide bonds. The number of Topliss-reactive ketones (excluding diaryl/α,β-unsaturated/α-hetero) is 1. The molecule has 3 aromatic rings. The topological polar surface area (TPSA) is 108 Å². The van der Waals surface area contributed by atoms with Crippen molar-refractivity contribution in [2.45, 2.75) is 4.90 Å². The van der Waals surface area contributed by atoms with Crippen molar-refractivity contribution in [3.63, 3.8) is 0 Å². The van der Waals surface area contributed by atoms with Crippen LogP contribution in [-0.2, 0) is 0 Å². The first kappa shape index (κ1) is 22.8. The van der Waals surface area contributed by atoms with E-state index in [1.54, 1.807) is 36.4 Å². The van der Waals surface area contributed by atoms with Gasteiger partial charge in [0.2, 0.25) is 0 Å². The third kappa shape index (κ3) is 5.64. The Morgan fingerprint density at radius 2 is 1.62 bits per heavy atom. The van der Waals surface area contributed by atoms with E-state index in [1.165, 1.54) is 50.2 Å². The normalized spacial score (nSPS) is 10.3. The maximum atomic E-state index is 12.6. The third-order valence-corrected chi connectivity index (χ3v) is 5.50. The minimum atomic E-state index is -0.522. The minimum Gasteiger partial charge on any atom is -0.493 e. The number of nitrogens with zero attached hydrogens (tertiary/aromatic N) is 1. The molecule has 32 heavy (non-hydrogen) atoms. The number of nitro groups is 1. The van der Waals surface area contributed by atoms with Crippen LogP contribution in [0.2, 0.25) is 0 Å². The average molecular weight is 452 g/mol. The molecule has 0 bridgehead atoms. The van der Waals surface area contributed by atoms with Crippen molar-refractivity contribution in [2.75, 3.05) is 25.3 Å². The second-order valence-corrected chi connectivity index (χ2v) is 7.62. The number of benzene rings is 3. The van der Waals surface area contributed by atoms with Crippen LogP contribution in [0.3, 0.4) is 0 Å². The standard InChI is InChI=1S/C23H20N2O6S/c1-30-21-11-8-16(12-22(21)31-2)20(26)14-32-19-5-3-4-17(13-19)24-23(27)15-6-9-18(10-7-15)25(28)29/h3-13H,14H2,1-2H3,(H,24,27). The average Bonchev–Trinajstić information content (AvgIpc) is 2.82. The number of carbonyl (C=O) groups excluding carboxylic acids is 2. The van der Waals surface area contributed by atoms with Gasteiger partial charge in [-0.25, -0.2) is 0 Å². The van der Waals surface area contributed by atoms with E-state index >= 15 is 0 Å². The summed E-state index contributed by atoms with van der Waals surface area (Å²) in [5.41, 5.74) is 1.28. The Bertz CT molecular complexity index is 1150. The number of anilines is 1. The van der Waals surface area contributed by atoms with Gasteiger partial charge in [0.25, 0.3) is 11.6 Å². The van der Waals surface area contributed by atoms with Crippen molar-refractivity contribution >= 4 is 34.8 Å². The van der Waals surface area contributed by atoms with Crippen molar-refractivity contribution in [1.82, 2.24) is 0 Å². The fraction of sp³-hybridized carbons (Fsp3) is 0.130. The number of hydrogen-bond donors (Lipinski definition) is 1. The SMILES string of the molecule is COc1ccc(C(=O)CSc2cccc(NC(=O)c3ccc([N+](=O)[O-])cc3)c2)cc1OC. The Kier molecular flexibility index (Phi) is 7.45. The molecule has 0 spiro atoms. The second-order valence-electron chi connectivity index (χ2n) is 6.57. The van der Waals surface area contributed by atoms with Gasteiger partial charge < -0.3 is 14.8 Å². The first-order valence-electron chi connectivity index (χ1n) is 9.45. The Hall–Kier alpha value is -3.85. The molecule has 8 nitrogen and oxygen atoms in total. The molecule has 0 saturated carbocycles. The van der Waals surface area contributed by atoms with E-state index in [4.69, 9.17) is 9.47 Å². The summed E-state index contributed by atoms with van der Waals surface area (Å²) in [4.78, 5) is 36.0. The molecule has 164 valence electrons. The van der Waals surface area contributed by atoms with E-state index in [-0.39, 0.29) is 23.1 Å². The molecule has 0 heterocycles. The van der Waals surface area contributed by atoms with E-state index in [2.05, 4.69) is 5.32 Å². The van der Waals surface area contributed by atoms with Crippen molar-refractivity contribution in [1.29, 1.82) is 0 Å². The zero-order valence-electron chi connectivity index (χ0n) is 17.4. The Morgan fingerprint density at radius 1 is 0.938 bits per heavy atom. The van der Waals surface area contributed by atoms with Gasteiger partial charge in [-0.3, -0.25) is 19.7 Å². The fourth-order valence-electron chi connectivity index (χ4n) is 2.84. The Balaban J connectivity index is 1.63. The lowest BCUT2D eigenvalue weighted by Crippen LogP contribution is -2.11. The first-order valence-corrected chi connectivity index (χ1v) is 10.4. The highest BCUT2D eigenvalue weighted by atomic mass is 32.2. The Morgan fingerprint density at radius 3 is 2.28 bits per heavy atom.